The van der Waals surface area contributed by atoms with E-state index in [0.717, 1.165) is 44.8 Å². The van der Waals surface area contributed by atoms with E-state index in [1.54, 1.807) is 0 Å². The van der Waals surface area contributed by atoms with E-state index < -0.39 is 0 Å². The molecule has 0 saturated heterocycles. The van der Waals surface area contributed by atoms with Crippen molar-refractivity contribution in [2.75, 3.05) is 33.8 Å². The SMILES string of the molecule is CN(C)CCCOc1ccc(CNCCc2ccccc2)cc1. The van der Waals surface area contributed by atoms with Gasteiger partial charge in [0.1, 0.15) is 5.75 Å². The Morgan fingerprint density at radius 1 is 0.913 bits per heavy atom. The Bertz CT molecular complexity index is 537. The van der Waals surface area contributed by atoms with Gasteiger partial charge < -0.3 is 15.0 Å². The van der Waals surface area contributed by atoms with Crippen LogP contribution in [-0.4, -0.2) is 38.7 Å². The van der Waals surface area contributed by atoms with E-state index in [9.17, 15) is 0 Å². The van der Waals surface area contributed by atoms with E-state index in [-0.39, 0.29) is 0 Å². The molecule has 0 aliphatic carbocycles. The van der Waals surface area contributed by atoms with Crippen LogP contribution < -0.4 is 10.1 Å². The van der Waals surface area contributed by atoms with Crippen LogP contribution in [0, 0.1) is 0 Å². The lowest BCUT2D eigenvalue weighted by Gasteiger charge is -2.11. The third-order valence-electron chi connectivity index (χ3n) is 3.70. The standard InChI is InChI=1S/C20H28N2O/c1-22(2)15-6-16-23-20-11-9-19(10-12-20)17-21-14-13-18-7-4-3-5-8-18/h3-5,7-12,21H,6,13-17H2,1-2H3. The fraction of sp³-hybridized carbons (Fsp3) is 0.400. The van der Waals surface area contributed by atoms with Crippen LogP contribution in [0.2, 0.25) is 0 Å². The van der Waals surface area contributed by atoms with Gasteiger partial charge in [0.15, 0.2) is 0 Å². The third-order valence-corrected chi connectivity index (χ3v) is 3.70. The number of hydrogen-bond donors (Lipinski definition) is 1. The Labute approximate surface area is 140 Å². The fourth-order valence-corrected chi connectivity index (χ4v) is 2.38. The molecule has 0 saturated carbocycles. The first-order valence-electron chi connectivity index (χ1n) is 8.35. The van der Waals surface area contributed by atoms with Crippen LogP contribution in [0.1, 0.15) is 17.5 Å². The van der Waals surface area contributed by atoms with Gasteiger partial charge in [-0.1, -0.05) is 42.5 Å². The van der Waals surface area contributed by atoms with Gasteiger partial charge in [-0.15, -0.1) is 0 Å². The number of hydrogen-bond acceptors (Lipinski definition) is 3. The van der Waals surface area contributed by atoms with E-state index >= 15 is 0 Å². The van der Waals surface area contributed by atoms with Gasteiger partial charge in [0.05, 0.1) is 6.61 Å². The minimum Gasteiger partial charge on any atom is -0.494 e. The maximum atomic E-state index is 5.75. The molecular formula is C20H28N2O. The van der Waals surface area contributed by atoms with Crippen molar-refractivity contribution in [3.8, 4) is 5.75 Å². The highest BCUT2D eigenvalue weighted by Gasteiger charge is 1.97. The molecule has 2 aromatic carbocycles. The van der Waals surface area contributed by atoms with E-state index in [4.69, 9.17) is 4.74 Å². The Hall–Kier alpha value is -1.84. The highest BCUT2D eigenvalue weighted by molar-refractivity contribution is 5.27. The Kier molecular flexibility index (Phi) is 7.64. The zero-order chi connectivity index (χ0) is 16.3. The molecule has 0 fully saturated rings. The largest absolute Gasteiger partial charge is 0.494 e. The highest BCUT2D eigenvalue weighted by Crippen LogP contribution is 2.12. The molecule has 2 aromatic rings. The van der Waals surface area contributed by atoms with Crippen LogP contribution in [0.25, 0.3) is 0 Å². The number of nitrogens with one attached hydrogen (secondary N) is 1. The van der Waals surface area contributed by atoms with Crippen molar-refractivity contribution in [3.05, 3.63) is 65.7 Å². The minimum atomic E-state index is 0.771. The normalized spacial score (nSPS) is 10.9. The lowest BCUT2D eigenvalue weighted by molar-refractivity contribution is 0.281. The zero-order valence-electron chi connectivity index (χ0n) is 14.3. The third kappa shape index (κ3) is 7.31. The van der Waals surface area contributed by atoms with Crippen molar-refractivity contribution in [3.63, 3.8) is 0 Å². The first-order valence-corrected chi connectivity index (χ1v) is 8.35. The van der Waals surface area contributed by atoms with Gasteiger partial charge in [-0.3, -0.25) is 0 Å². The molecule has 2 rings (SSSR count). The molecule has 0 aliphatic rings. The molecule has 23 heavy (non-hydrogen) atoms. The average molecular weight is 312 g/mol. The first kappa shape index (κ1) is 17.5. The van der Waals surface area contributed by atoms with Crippen molar-refractivity contribution in [2.45, 2.75) is 19.4 Å². The molecule has 3 heteroatoms. The molecule has 124 valence electrons. The highest BCUT2D eigenvalue weighted by atomic mass is 16.5. The Balaban J connectivity index is 1.62. The number of nitrogens with zero attached hydrogens (tertiary/aromatic N) is 1. The van der Waals surface area contributed by atoms with Gasteiger partial charge in [0, 0.05) is 13.1 Å². The van der Waals surface area contributed by atoms with Crippen molar-refractivity contribution in [2.24, 2.45) is 0 Å². The van der Waals surface area contributed by atoms with Crippen LogP contribution in [0.4, 0.5) is 0 Å². The summed E-state index contributed by atoms with van der Waals surface area (Å²) in [5.41, 5.74) is 2.67. The molecule has 0 spiro atoms. The monoisotopic (exact) mass is 312 g/mol. The van der Waals surface area contributed by atoms with E-state index in [1.807, 2.05) is 0 Å². The molecule has 3 nitrogen and oxygen atoms in total. The van der Waals surface area contributed by atoms with Gasteiger partial charge in [-0.05, 0) is 56.7 Å². The summed E-state index contributed by atoms with van der Waals surface area (Å²) in [4.78, 5) is 2.17. The number of ether oxygens (including phenoxy) is 1. The summed E-state index contributed by atoms with van der Waals surface area (Å²) in [5, 5.41) is 3.49. The summed E-state index contributed by atoms with van der Waals surface area (Å²) in [7, 11) is 4.17. The predicted octanol–water partition coefficient (Wildman–Crippen LogP) is 3.35. The summed E-state index contributed by atoms with van der Waals surface area (Å²) in [6.45, 7) is 3.72. The molecule has 1 N–H and O–H groups in total. The van der Waals surface area contributed by atoms with Gasteiger partial charge in [0.25, 0.3) is 0 Å². The van der Waals surface area contributed by atoms with Gasteiger partial charge in [-0.2, -0.15) is 0 Å². The van der Waals surface area contributed by atoms with Crippen LogP contribution in [0.5, 0.6) is 5.75 Å². The van der Waals surface area contributed by atoms with Crippen LogP contribution >= 0.6 is 0 Å². The van der Waals surface area contributed by atoms with Crippen LogP contribution in [-0.2, 0) is 13.0 Å². The Morgan fingerprint density at radius 3 is 2.35 bits per heavy atom. The van der Waals surface area contributed by atoms with Crippen molar-refractivity contribution >= 4 is 0 Å². The average Bonchev–Trinajstić information content (AvgIpc) is 2.57. The number of benzene rings is 2. The smallest absolute Gasteiger partial charge is 0.119 e. The van der Waals surface area contributed by atoms with Crippen molar-refractivity contribution in [1.29, 1.82) is 0 Å². The fourth-order valence-electron chi connectivity index (χ4n) is 2.38. The minimum absolute atomic E-state index is 0.771. The maximum absolute atomic E-state index is 5.75. The number of rotatable bonds is 10. The molecule has 0 radical (unpaired) electrons. The van der Waals surface area contributed by atoms with Crippen molar-refractivity contribution in [1.82, 2.24) is 10.2 Å². The topological polar surface area (TPSA) is 24.5 Å². The van der Waals surface area contributed by atoms with E-state index in [2.05, 4.69) is 78.9 Å². The second-order valence-corrected chi connectivity index (χ2v) is 6.06. The first-order chi connectivity index (χ1) is 11.2. The summed E-state index contributed by atoms with van der Waals surface area (Å²) >= 11 is 0. The van der Waals surface area contributed by atoms with Crippen molar-refractivity contribution < 1.29 is 4.74 Å². The second-order valence-electron chi connectivity index (χ2n) is 6.06. The lowest BCUT2D eigenvalue weighted by atomic mass is 10.1. The molecule has 0 aromatic heterocycles. The maximum Gasteiger partial charge on any atom is 0.119 e. The van der Waals surface area contributed by atoms with Gasteiger partial charge in [-0.25, -0.2) is 0 Å². The van der Waals surface area contributed by atoms with Gasteiger partial charge in [0.2, 0.25) is 0 Å². The molecular weight excluding hydrogens is 284 g/mol. The molecule has 0 bridgehead atoms. The molecule has 0 unspecified atom stereocenters. The summed E-state index contributed by atoms with van der Waals surface area (Å²) in [5.74, 6) is 0.955. The van der Waals surface area contributed by atoms with E-state index in [1.165, 1.54) is 11.1 Å². The Morgan fingerprint density at radius 2 is 1.65 bits per heavy atom. The molecule has 0 amide bonds. The molecule has 0 aliphatic heterocycles. The second kappa shape index (κ2) is 10.0. The van der Waals surface area contributed by atoms with E-state index in [0.29, 0.717) is 0 Å². The molecule has 0 atom stereocenters. The molecule has 0 heterocycles. The lowest BCUT2D eigenvalue weighted by Crippen LogP contribution is -2.16. The van der Waals surface area contributed by atoms with Gasteiger partial charge >= 0.3 is 0 Å². The summed E-state index contributed by atoms with van der Waals surface area (Å²) < 4.78 is 5.75. The van der Waals surface area contributed by atoms with Crippen LogP contribution in [0.15, 0.2) is 54.6 Å². The predicted molar refractivity (Wildman–Crippen MR) is 97.0 cm³/mol. The quantitative estimate of drug-likeness (QED) is 0.681. The van der Waals surface area contributed by atoms with Crippen LogP contribution in [0.3, 0.4) is 0 Å². The summed E-state index contributed by atoms with van der Waals surface area (Å²) in [6, 6.07) is 19.0. The zero-order valence-corrected chi connectivity index (χ0v) is 14.3. The summed E-state index contributed by atoms with van der Waals surface area (Å²) in [6.07, 6.45) is 2.11.